The van der Waals surface area contributed by atoms with Gasteiger partial charge in [-0.2, -0.15) is 5.26 Å². The lowest BCUT2D eigenvalue weighted by Crippen LogP contribution is -2.05. The van der Waals surface area contributed by atoms with Crippen LogP contribution in [-0.4, -0.2) is 17.6 Å². The van der Waals surface area contributed by atoms with E-state index >= 15 is 0 Å². The van der Waals surface area contributed by atoms with Gasteiger partial charge in [0, 0.05) is 23.5 Å². The third kappa shape index (κ3) is 2.45. The summed E-state index contributed by atoms with van der Waals surface area (Å²) in [7, 11) is 0. The highest BCUT2D eigenvalue weighted by Crippen LogP contribution is 2.18. The van der Waals surface area contributed by atoms with Crippen molar-refractivity contribution in [1.29, 1.82) is 5.26 Å². The zero-order valence-electron chi connectivity index (χ0n) is 9.27. The summed E-state index contributed by atoms with van der Waals surface area (Å²) in [6.45, 7) is 0.284. The van der Waals surface area contributed by atoms with Gasteiger partial charge >= 0.3 is 5.97 Å². The van der Waals surface area contributed by atoms with E-state index in [1.165, 1.54) is 0 Å². The molecule has 1 heterocycles. The highest BCUT2D eigenvalue weighted by molar-refractivity contribution is 6.03. The van der Waals surface area contributed by atoms with E-state index in [2.05, 4.69) is 4.98 Å². The van der Waals surface area contributed by atoms with E-state index in [4.69, 9.17) is 10.00 Å². The number of aromatic amines is 1. The summed E-state index contributed by atoms with van der Waals surface area (Å²) < 4.78 is 5.09. The second kappa shape index (κ2) is 5.17. The number of unbranched alkanes of at least 4 members (excludes halogenated alkanes) is 1. The Morgan fingerprint density at radius 1 is 1.41 bits per heavy atom. The van der Waals surface area contributed by atoms with Gasteiger partial charge in [0.05, 0.1) is 18.2 Å². The predicted octanol–water partition coefficient (Wildman–Crippen LogP) is 2.63. The second-order valence-corrected chi connectivity index (χ2v) is 3.65. The maximum Gasteiger partial charge on any atom is 0.340 e. The molecule has 0 unspecified atom stereocenters. The van der Waals surface area contributed by atoms with Crippen LogP contribution >= 0.6 is 0 Å². The van der Waals surface area contributed by atoms with E-state index in [0.717, 1.165) is 10.9 Å². The van der Waals surface area contributed by atoms with Crippen LogP contribution in [0.3, 0.4) is 0 Å². The number of nitrogens with zero attached hydrogens (tertiary/aromatic N) is 1. The van der Waals surface area contributed by atoms with Crippen molar-refractivity contribution >= 4 is 16.9 Å². The molecule has 0 fully saturated rings. The largest absolute Gasteiger partial charge is 0.462 e. The molecule has 0 amide bonds. The SMILES string of the molecule is N#CCCCOC(=O)c1c[nH]c2ccccc12. The molecule has 0 spiro atoms. The first-order chi connectivity index (χ1) is 8.33. The first kappa shape index (κ1) is 11.2. The fourth-order valence-electron chi connectivity index (χ4n) is 1.63. The van der Waals surface area contributed by atoms with Gasteiger partial charge in [0.2, 0.25) is 0 Å². The van der Waals surface area contributed by atoms with Crippen LogP contribution in [0.15, 0.2) is 30.5 Å². The fraction of sp³-hybridized carbons (Fsp3) is 0.231. The van der Waals surface area contributed by atoms with Gasteiger partial charge in [0.25, 0.3) is 0 Å². The molecule has 0 aliphatic carbocycles. The summed E-state index contributed by atoms with van der Waals surface area (Å²) in [4.78, 5) is 14.8. The number of esters is 1. The topological polar surface area (TPSA) is 65.9 Å². The van der Waals surface area contributed by atoms with Crippen LogP contribution in [0.5, 0.6) is 0 Å². The molecule has 86 valence electrons. The molecule has 1 aromatic heterocycles. The molecule has 4 heteroatoms. The van der Waals surface area contributed by atoms with Crippen LogP contribution in [0.2, 0.25) is 0 Å². The zero-order chi connectivity index (χ0) is 12.1. The van der Waals surface area contributed by atoms with Gasteiger partial charge in [0.1, 0.15) is 0 Å². The minimum absolute atomic E-state index is 0.284. The molecule has 1 aromatic carbocycles. The smallest absolute Gasteiger partial charge is 0.340 e. The third-order valence-corrected chi connectivity index (χ3v) is 2.48. The van der Waals surface area contributed by atoms with Crippen LogP contribution in [0.25, 0.3) is 10.9 Å². The molecular weight excluding hydrogens is 216 g/mol. The van der Waals surface area contributed by atoms with E-state index in [-0.39, 0.29) is 12.6 Å². The van der Waals surface area contributed by atoms with Gasteiger partial charge in [-0.1, -0.05) is 18.2 Å². The number of nitrogens with one attached hydrogen (secondary N) is 1. The van der Waals surface area contributed by atoms with Gasteiger partial charge in [-0.05, 0) is 12.5 Å². The zero-order valence-corrected chi connectivity index (χ0v) is 9.27. The molecule has 0 atom stereocenters. The van der Waals surface area contributed by atoms with E-state index < -0.39 is 0 Å². The Balaban J connectivity index is 2.07. The second-order valence-electron chi connectivity index (χ2n) is 3.65. The molecule has 4 nitrogen and oxygen atoms in total. The maximum atomic E-state index is 11.8. The van der Waals surface area contributed by atoms with Gasteiger partial charge in [-0.25, -0.2) is 4.79 Å². The van der Waals surface area contributed by atoms with E-state index in [9.17, 15) is 4.79 Å². The Bertz CT molecular complexity index is 566. The highest BCUT2D eigenvalue weighted by Gasteiger charge is 2.12. The summed E-state index contributed by atoms with van der Waals surface area (Å²) in [5, 5.41) is 9.22. The first-order valence-electron chi connectivity index (χ1n) is 5.43. The van der Waals surface area contributed by atoms with Gasteiger partial charge in [-0.3, -0.25) is 0 Å². The molecule has 1 N–H and O–H groups in total. The van der Waals surface area contributed by atoms with E-state index in [1.54, 1.807) is 6.20 Å². The van der Waals surface area contributed by atoms with Crippen molar-refractivity contribution in [2.75, 3.05) is 6.61 Å². The average Bonchev–Trinajstić information content (AvgIpc) is 2.78. The number of nitriles is 1. The minimum atomic E-state index is -0.347. The van der Waals surface area contributed by atoms with Crippen molar-refractivity contribution in [1.82, 2.24) is 4.98 Å². The van der Waals surface area contributed by atoms with Gasteiger partial charge in [0.15, 0.2) is 0 Å². The molecule has 0 saturated carbocycles. The molecule has 0 bridgehead atoms. The number of H-pyrrole nitrogens is 1. The number of carbonyl (C=O) groups is 1. The molecule has 0 radical (unpaired) electrons. The Hall–Kier alpha value is -2.28. The lowest BCUT2D eigenvalue weighted by Gasteiger charge is -2.01. The number of ether oxygens (including phenoxy) is 1. The van der Waals surface area contributed by atoms with Gasteiger partial charge < -0.3 is 9.72 Å². The highest BCUT2D eigenvalue weighted by atomic mass is 16.5. The number of hydrogen-bond donors (Lipinski definition) is 1. The Morgan fingerprint density at radius 3 is 3.06 bits per heavy atom. The summed E-state index contributed by atoms with van der Waals surface area (Å²) in [6, 6.07) is 9.57. The number of benzene rings is 1. The van der Waals surface area contributed by atoms with Crippen LogP contribution in [-0.2, 0) is 4.74 Å². The number of carbonyl (C=O) groups excluding carboxylic acids is 1. The van der Waals surface area contributed by atoms with E-state index in [0.29, 0.717) is 18.4 Å². The van der Waals surface area contributed by atoms with Crippen molar-refractivity contribution in [3.8, 4) is 6.07 Å². The quantitative estimate of drug-likeness (QED) is 0.646. The lowest BCUT2D eigenvalue weighted by molar-refractivity contribution is 0.0504. The van der Waals surface area contributed by atoms with Crippen LogP contribution in [0.4, 0.5) is 0 Å². The average molecular weight is 228 g/mol. The fourth-order valence-corrected chi connectivity index (χ4v) is 1.63. The normalized spacial score (nSPS) is 10.1. The monoisotopic (exact) mass is 228 g/mol. The van der Waals surface area contributed by atoms with Crippen LogP contribution in [0.1, 0.15) is 23.2 Å². The lowest BCUT2D eigenvalue weighted by atomic mass is 10.2. The summed E-state index contributed by atoms with van der Waals surface area (Å²) in [6.07, 6.45) is 2.63. The maximum absolute atomic E-state index is 11.8. The minimum Gasteiger partial charge on any atom is -0.462 e. The van der Waals surface area contributed by atoms with E-state index in [1.807, 2.05) is 30.3 Å². The van der Waals surface area contributed by atoms with Crippen molar-refractivity contribution in [2.45, 2.75) is 12.8 Å². The number of rotatable bonds is 4. The van der Waals surface area contributed by atoms with Crippen LogP contribution in [0, 0.1) is 11.3 Å². The summed E-state index contributed by atoms with van der Waals surface area (Å²) in [5.41, 5.74) is 1.45. The molecule has 0 aliphatic rings. The number of aromatic nitrogens is 1. The number of para-hydroxylation sites is 1. The predicted molar refractivity (Wildman–Crippen MR) is 63.4 cm³/mol. The van der Waals surface area contributed by atoms with Crippen LogP contribution < -0.4 is 0 Å². The molecule has 0 aliphatic heterocycles. The summed E-state index contributed by atoms with van der Waals surface area (Å²) in [5.74, 6) is -0.347. The molecule has 0 saturated heterocycles. The molecule has 2 aromatic rings. The van der Waals surface area contributed by atoms with Crippen molar-refractivity contribution in [3.05, 3.63) is 36.0 Å². The Labute approximate surface area is 98.8 Å². The van der Waals surface area contributed by atoms with Crippen molar-refractivity contribution in [2.24, 2.45) is 0 Å². The third-order valence-electron chi connectivity index (χ3n) is 2.48. The Morgan fingerprint density at radius 2 is 2.24 bits per heavy atom. The van der Waals surface area contributed by atoms with Gasteiger partial charge in [-0.15, -0.1) is 0 Å². The summed E-state index contributed by atoms with van der Waals surface area (Å²) >= 11 is 0. The molecule has 2 rings (SSSR count). The van der Waals surface area contributed by atoms with Crippen molar-refractivity contribution < 1.29 is 9.53 Å². The number of hydrogen-bond acceptors (Lipinski definition) is 3. The first-order valence-corrected chi connectivity index (χ1v) is 5.43. The standard InChI is InChI=1S/C13H12N2O2/c14-7-3-4-8-17-13(16)11-9-15-12-6-2-1-5-10(11)12/h1-2,5-6,9,15H,3-4,8H2. The molecule has 17 heavy (non-hydrogen) atoms. The number of fused-ring (bicyclic) bond motifs is 1. The van der Waals surface area contributed by atoms with Crippen molar-refractivity contribution in [3.63, 3.8) is 0 Å². The Kier molecular flexibility index (Phi) is 3.41. The molecular formula is C13H12N2O2.